The molecule has 7 unspecified atom stereocenters. The number of hydrogen-bond acceptors (Lipinski definition) is 8. The molecule has 444 valence electrons. The van der Waals surface area contributed by atoms with E-state index in [1.165, 1.54) is 148 Å². The second-order valence-corrected chi connectivity index (χ2v) is 21.8. The maximum absolute atomic E-state index is 13.1. The maximum atomic E-state index is 13.1. The number of aliphatic hydroxyl groups excluding tert-OH is 5. The lowest BCUT2D eigenvalue weighted by molar-refractivity contribution is -0.302. The Hall–Kier alpha value is -2.89. The van der Waals surface area contributed by atoms with Crippen molar-refractivity contribution in [2.75, 3.05) is 13.2 Å². The van der Waals surface area contributed by atoms with E-state index in [-0.39, 0.29) is 12.5 Å². The van der Waals surface area contributed by atoms with Gasteiger partial charge in [-0.3, -0.25) is 4.79 Å². The van der Waals surface area contributed by atoms with Crippen molar-refractivity contribution in [3.8, 4) is 0 Å². The second-order valence-electron chi connectivity index (χ2n) is 21.8. The molecule has 0 aromatic carbocycles. The minimum atomic E-state index is -1.56. The van der Waals surface area contributed by atoms with E-state index in [0.717, 1.165) is 96.3 Å². The van der Waals surface area contributed by atoms with Crippen LogP contribution in [0.4, 0.5) is 0 Å². The van der Waals surface area contributed by atoms with Crippen molar-refractivity contribution in [2.45, 2.75) is 314 Å². The molecule has 9 heteroatoms. The van der Waals surface area contributed by atoms with Gasteiger partial charge in [-0.25, -0.2) is 0 Å². The van der Waals surface area contributed by atoms with Crippen LogP contribution in [0.2, 0.25) is 0 Å². The van der Waals surface area contributed by atoms with Crippen molar-refractivity contribution in [1.82, 2.24) is 5.32 Å². The molecule has 1 rings (SSSR count). The van der Waals surface area contributed by atoms with Crippen LogP contribution < -0.4 is 5.32 Å². The molecule has 0 saturated carbocycles. The van der Waals surface area contributed by atoms with Gasteiger partial charge in [0.05, 0.1) is 25.4 Å². The van der Waals surface area contributed by atoms with Crippen LogP contribution in [0.25, 0.3) is 0 Å². The van der Waals surface area contributed by atoms with Gasteiger partial charge >= 0.3 is 0 Å². The van der Waals surface area contributed by atoms with E-state index in [9.17, 15) is 30.3 Å². The van der Waals surface area contributed by atoms with Gasteiger partial charge < -0.3 is 40.3 Å². The Labute approximate surface area is 473 Å². The average Bonchev–Trinajstić information content (AvgIpc) is 3.43. The molecule has 0 radical (unpaired) electrons. The van der Waals surface area contributed by atoms with Gasteiger partial charge in [-0.05, 0) is 77.0 Å². The molecule has 77 heavy (non-hydrogen) atoms. The lowest BCUT2D eigenvalue weighted by Gasteiger charge is -2.40. The Morgan fingerprint density at radius 3 is 1.19 bits per heavy atom. The quantitative estimate of drug-likeness (QED) is 0.0261. The first kappa shape index (κ1) is 72.1. The molecule has 1 aliphatic heterocycles. The highest BCUT2D eigenvalue weighted by Gasteiger charge is 2.44. The van der Waals surface area contributed by atoms with E-state index in [1.54, 1.807) is 0 Å². The molecule has 1 aliphatic rings. The SMILES string of the molecule is CC/C=C\C/C=C\C/C=C\C/C=C\C/C=C\C/C=C\C/C=C\C/C=C\CCCCCCCCCCCCC(=O)NC(COC1OC(CO)C(O)C(O)C1O)C(O)CCCCCCCCCCCCCCCCCCCCC. The average molecular weight is 1080 g/mol. The van der Waals surface area contributed by atoms with E-state index >= 15 is 0 Å². The summed E-state index contributed by atoms with van der Waals surface area (Å²) in [5, 5.41) is 54.8. The summed E-state index contributed by atoms with van der Waals surface area (Å²) in [5.41, 5.74) is 0. The highest BCUT2D eigenvalue weighted by Crippen LogP contribution is 2.23. The number of amides is 1. The lowest BCUT2D eigenvalue weighted by Crippen LogP contribution is -2.60. The molecular formula is C68H119NO8. The van der Waals surface area contributed by atoms with Crippen molar-refractivity contribution in [3.63, 3.8) is 0 Å². The summed E-state index contributed by atoms with van der Waals surface area (Å²) in [6.45, 7) is 3.74. The van der Waals surface area contributed by atoms with Crippen LogP contribution in [0.3, 0.4) is 0 Å². The third-order valence-electron chi connectivity index (χ3n) is 14.7. The molecular weight excluding hydrogens is 959 g/mol. The number of rotatable bonds is 54. The first-order valence-electron chi connectivity index (χ1n) is 31.9. The molecule has 9 nitrogen and oxygen atoms in total. The summed E-state index contributed by atoms with van der Waals surface area (Å²) in [7, 11) is 0. The lowest BCUT2D eigenvalue weighted by atomic mass is 9.99. The van der Waals surface area contributed by atoms with Crippen LogP contribution >= 0.6 is 0 Å². The fourth-order valence-electron chi connectivity index (χ4n) is 9.71. The molecule has 1 fully saturated rings. The van der Waals surface area contributed by atoms with E-state index in [1.807, 2.05) is 0 Å². The zero-order valence-electron chi connectivity index (χ0n) is 49.4. The predicted octanol–water partition coefficient (Wildman–Crippen LogP) is 16.7. The molecule has 0 aliphatic carbocycles. The number of carbonyl (C=O) groups excluding carboxylic acids is 1. The smallest absolute Gasteiger partial charge is 0.220 e. The molecule has 1 amide bonds. The Kier molecular flexibility index (Phi) is 52.8. The van der Waals surface area contributed by atoms with Gasteiger partial charge in [0.2, 0.25) is 5.91 Å². The number of ether oxygens (including phenoxy) is 2. The standard InChI is InChI=1S/C68H119NO8/c1-3-5-7-9-11-13-15-17-19-21-23-24-25-26-27-28-29-30-31-32-33-34-35-36-37-38-40-42-44-46-48-50-52-54-56-58-64(72)69-61(60-76-68-67(75)66(74)65(73)63(59-70)77-68)62(71)57-55-53-51-49-47-45-43-41-39-22-20-18-16-14-12-10-8-6-4-2/h5,7,11,13,17,19,23-24,26-27,29-30,32-33,35-36,61-63,65-68,70-71,73-75H,3-4,6,8-10,12,14-16,18,20-22,25,28,31,34,37-60H2,1-2H3,(H,69,72)/b7-5-,13-11-,19-17-,24-23-,27-26-,30-29-,33-32-,36-35-. The molecule has 0 bridgehead atoms. The van der Waals surface area contributed by atoms with E-state index in [2.05, 4.69) is 116 Å². The zero-order valence-corrected chi connectivity index (χ0v) is 49.4. The normalized spacial score (nSPS) is 19.4. The molecule has 6 N–H and O–H groups in total. The minimum Gasteiger partial charge on any atom is -0.394 e. The molecule has 7 atom stereocenters. The van der Waals surface area contributed by atoms with Crippen LogP contribution in [0, 0.1) is 0 Å². The highest BCUT2D eigenvalue weighted by molar-refractivity contribution is 5.76. The molecule has 0 aromatic heterocycles. The van der Waals surface area contributed by atoms with Crippen molar-refractivity contribution in [2.24, 2.45) is 0 Å². The van der Waals surface area contributed by atoms with Gasteiger partial charge in [0.15, 0.2) is 6.29 Å². The number of nitrogens with one attached hydrogen (secondary N) is 1. The Morgan fingerprint density at radius 2 is 0.805 bits per heavy atom. The van der Waals surface area contributed by atoms with Crippen LogP contribution in [0.15, 0.2) is 97.2 Å². The summed E-state index contributed by atoms with van der Waals surface area (Å²) in [6, 6.07) is -0.728. The number of carbonyl (C=O) groups is 1. The van der Waals surface area contributed by atoms with Gasteiger partial charge in [0.1, 0.15) is 24.4 Å². The van der Waals surface area contributed by atoms with Crippen molar-refractivity contribution < 1.29 is 39.8 Å². The summed E-state index contributed by atoms with van der Waals surface area (Å²) in [5.74, 6) is -0.150. The zero-order chi connectivity index (χ0) is 55.8. The van der Waals surface area contributed by atoms with Crippen molar-refractivity contribution in [1.29, 1.82) is 0 Å². The Bertz CT molecular complexity index is 1530. The van der Waals surface area contributed by atoms with Crippen LogP contribution in [-0.2, 0) is 14.3 Å². The Balaban J connectivity index is 2.16. The Morgan fingerprint density at radius 1 is 0.455 bits per heavy atom. The third-order valence-corrected chi connectivity index (χ3v) is 14.7. The topological polar surface area (TPSA) is 149 Å². The third kappa shape index (κ3) is 45.5. The first-order chi connectivity index (χ1) is 37.8. The van der Waals surface area contributed by atoms with E-state index < -0.39 is 49.5 Å². The van der Waals surface area contributed by atoms with Gasteiger partial charge in [0, 0.05) is 6.42 Å². The molecule has 0 spiro atoms. The number of allylic oxidation sites excluding steroid dienone is 16. The highest BCUT2D eigenvalue weighted by atomic mass is 16.7. The van der Waals surface area contributed by atoms with Crippen molar-refractivity contribution >= 4 is 5.91 Å². The van der Waals surface area contributed by atoms with E-state index in [0.29, 0.717) is 12.8 Å². The first-order valence-corrected chi connectivity index (χ1v) is 31.9. The monoisotopic (exact) mass is 1080 g/mol. The van der Waals surface area contributed by atoms with Crippen LogP contribution in [0.5, 0.6) is 0 Å². The second kappa shape index (κ2) is 56.4. The largest absolute Gasteiger partial charge is 0.394 e. The predicted molar refractivity (Wildman–Crippen MR) is 327 cm³/mol. The minimum absolute atomic E-state index is 0.143. The van der Waals surface area contributed by atoms with Gasteiger partial charge in [-0.2, -0.15) is 0 Å². The summed E-state index contributed by atoms with van der Waals surface area (Å²) in [6.07, 6.45) is 74.4. The fraction of sp³-hybridized carbons (Fsp3) is 0.750. The summed E-state index contributed by atoms with van der Waals surface area (Å²) in [4.78, 5) is 13.1. The summed E-state index contributed by atoms with van der Waals surface area (Å²) >= 11 is 0. The van der Waals surface area contributed by atoms with Crippen molar-refractivity contribution in [3.05, 3.63) is 97.2 Å². The number of aliphatic hydroxyl groups is 5. The molecule has 0 aromatic rings. The summed E-state index contributed by atoms with van der Waals surface area (Å²) < 4.78 is 11.3. The van der Waals surface area contributed by atoms with Gasteiger partial charge in [-0.15, -0.1) is 0 Å². The van der Waals surface area contributed by atoms with Gasteiger partial charge in [0.25, 0.3) is 0 Å². The number of unbranched alkanes of at least 4 members (excludes halogenated alkanes) is 28. The van der Waals surface area contributed by atoms with Crippen LogP contribution in [0.1, 0.15) is 271 Å². The maximum Gasteiger partial charge on any atom is 0.220 e. The van der Waals surface area contributed by atoms with Gasteiger partial charge in [-0.1, -0.05) is 284 Å². The van der Waals surface area contributed by atoms with Crippen LogP contribution in [-0.4, -0.2) is 87.5 Å². The fourth-order valence-corrected chi connectivity index (χ4v) is 9.71. The number of hydrogen-bond donors (Lipinski definition) is 6. The molecule has 1 saturated heterocycles. The van der Waals surface area contributed by atoms with E-state index in [4.69, 9.17) is 9.47 Å². The molecule has 1 heterocycles.